The lowest BCUT2D eigenvalue weighted by Crippen LogP contribution is -2.10. The highest BCUT2D eigenvalue weighted by Gasteiger charge is 2.26. The largest absolute Gasteiger partial charge is 0.397 e. The van der Waals surface area contributed by atoms with E-state index in [4.69, 9.17) is 0 Å². The first-order chi connectivity index (χ1) is 3.56. The second-order valence-electron chi connectivity index (χ2n) is 1.07. The molecule has 0 radical (unpaired) electrons. The third kappa shape index (κ3) is 6.07. The summed E-state index contributed by atoms with van der Waals surface area (Å²) < 4.78 is 44.2. The predicted molar refractivity (Wildman–Crippen MR) is 24.5 cm³/mol. The molecular formula is C3H4F4S. The molecule has 0 saturated carbocycles. The lowest BCUT2D eigenvalue weighted by atomic mass is 10.8. The Morgan fingerprint density at radius 2 is 1.75 bits per heavy atom. The van der Waals surface area contributed by atoms with Gasteiger partial charge in [-0.25, -0.2) is 4.39 Å². The summed E-state index contributed by atoms with van der Waals surface area (Å²) >= 11 is 0.223. The average Bonchev–Trinajstić information content (AvgIpc) is 1.59. The molecule has 0 aromatic heterocycles. The van der Waals surface area contributed by atoms with Gasteiger partial charge in [0.1, 0.15) is 6.01 Å². The molecule has 50 valence electrons. The first-order valence-corrected chi connectivity index (χ1v) is 2.92. The van der Waals surface area contributed by atoms with E-state index in [1.807, 2.05) is 0 Å². The molecular weight excluding hydrogens is 144 g/mol. The van der Waals surface area contributed by atoms with Crippen LogP contribution in [0.15, 0.2) is 0 Å². The van der Waals surface area contributed by atoms with Gasteiger partial charge in [-0.1, -0.05) is 0 Å². The van der Waals surface area contributed by atoms with Gasteiger partial charge in [0, 0.05) is 0 Å². The van der Waals surface area contributed by atoms with Crippen LogP contribution in [0.3, 0.4) is 0 Å². The predicted octanol–water partition coefficient (Wildman–Crippen LogP) is 2.21. The Morgan fingerprint density at radius 3 is 1.88 bits per heavy atom. The van der Waals surface area contributed by atoms with Crippen molar-refractivity contribution in [3.05, 3.63) is 0 Å². The summed E-state index contributed by atoms with van der Waals surface area (Å²) in [6.45, 7) is 0. The van der Waals surface area contributed by atoms with E-state index in [2.05, 4.69) is 0 Å². The molecule has 0 saturated heterocycles. The number of rotatable bonds is 2. The van der Waals surface area contributed by atoms with Gasteiger partial charge >= 0.3 is 6.18 Å². The van der Waals surface area contributed by atoms with Gasteiger partial charge in [-0.2, -0.15) is 13.2 Å². The van der Waals surface area contributed by atoms with Crippen molar-refractivity contribution < 1.29 is 17.6 Å². The molecule has 0 rings (SSSR count). The monoisotopic (exact) mass is 148 g/mol. The van der Waals surface area contributed by atoms with E-state index in [1.54, 1.807) is 0 Å². The van der Waals surface area contributed by atoms with Gasteiger partial charge in [0.25, 0.3) is 0 Å². The van der Waals surface area contributed by atoms with Crippen LogP contribution in [0.2, 0.25) is 0 Å². The zero-order valence-electron chi connectivity index (χ0n) is 3.83. The summed E-state index contributed by atoms with van der Waals surface area (Å²) in [5, 5.41) is 0. The Hall–Kier alpha value is 0.0700. The molecule has 0 nitrogen and oxygen atoms in total. The van der Waals surface area contributed by atoms with E-state index in [0.29, 0.717) is 0 Å². The fourth-order valence-electron chi connectivity index (χ4n) is 0.154. The molecule has 0 fully saturated rings. The average molecular weight is 148 g/mol. The lowest BCUT2D eigenvalue weighted by Gasteiger charge is -2.00. The molecule has 0 bridgehead atoms. The first kappa shape index (κ1) is 8.07. The Bertz CT molecular complexity index is 58.8. The van der Waals surface area contributed by atoms with E-state index in [0.717, 1.165) is 0 Å². The van der Waals surface area contributed by atoms with E-state index in [-0.39, 0.29) is 11.8 Å². The van der Waals surface area contributed by atoms with Crippen molar-refractivity contribution in [2.75, 3.05) is 11.8 Å². The molecule has 0 spiro atoms. The smallest absolute Gasteiger partial charge is 0.239 e. The molecule has 0 aliphatic rings. The maximum Gasteiger partial charge on any atom is 0.397 e. The van der Waals surface area contributed by atoms with E-state index < -0.39 is 17.9 Å². The van der Waals surface area contributed by atoms with Gasteiger partial charge in [-0.3, -0.25) is 0 Å². The van der Waals surface area contributed by atoms with Crippen LogP contribution in [0, 0.1) is 0 Å². The minimum atomic E-state index is -4.23. The van der Waals surface area contributed by atoms with Crippen LogP contribution in [0.1, 0.15) is 0 Å². The SMILES string of the molecule is FCSCC(F)(F)F. The summed E-state index contributed by atoms with van der Waals surface area (Å²) in [7, 11) is 0. The number of hydrogen-bond donors (Lipinski definition) is 0. The molecule has 5 heteroatoms. The fraction of sp³-hybridized carbons (Fsp3) is 1.00. The number of halogens is 4. The highest BCUT2D eigenvalue weighted by atomic mass is 32.2. The van der Waals surface area contributed by atoms with Gasteiger partial charge in [-0.05, 0) is 0 Å². The maximum absolute atomic E-state index is 11.1. The van der Waals surface area contributed by atoms with Crippen molar-refractivity contribution >= 4 is 11.8 Å². The van der Waals surface area contributed by atoms with E-state index >= 15 is 0 Å². The van der Waals surface area contributed by atoms with Gasteiger partial charge in [-0.15, -0.1) is 11.8 Å². The zero-order chi connectivity index (χ0) is 6.62. The number of thioether (sulfide) groups is 1. The van der Waals surface area contributed by atoms with Crippen molar-refractivity contribution in [3.8, 4) is 0 Å². The van der Waals surface area contributed by atoms with E-state index in [1.165, 1.54) is 0 Å². The topological polar surface area (TPSA) is 0 Å². The Kier molecular flexibility index (Phi) is 3.19. The van der Waals surface area contributed by atoms with Gasteiger partial charge in [0.15, 0.2) is 0 Å². The summed E-state index contributed by atoms with van der Waals surface area (Å²) in [6, 6.07) is -0.973. The molecule has 0 aromatic carbocycles. The highest BCUT2D eigenvalue weighted by molar-refractivity contribution is 7.99. The minimum Gasteiger partial charge on any atom is -0.239 e. The van der Waals surface area contributed by atoms with Crippen LogP contribution in [-0.4, -0.2) is 17.9 Å². The molecule has 0 aliphatic heterocycles. The summed E-state index contributed by atoms with van der Waals surface area (Å²) in [5.74, 6) is -1.09. The summed E-state index contributed by atoms with van der Waals surface area (Å²) in [6.07, 6.45) is -4.23. The molecule has 0 amide bonds. The Balaban J connectivity index is 3.11. The minimum absolute atomic E-state index is 0.223. The molecule has 0 atom stereocenters. The zero-order valence-corrected chi connectivity index (χ0v) is 4.65. The third-order valence-electron chi connectivity index (χ3n) is 0.343. The van der Waals surface area contributed by atoms with Gasteiger partial charge < -0.3 is 0 Å². The number of alkyl halides is 4. The van der Waals surface area contributed by atoms with Crippen molar-refractivity contribution in [1.82, 2.24) is 0 Å². The second-order valence-corrected chi connectivity index (χ2v) is 1.99. The Labute approximate surface area is 48.3 Å². The van der Waals surface area contributed by atoms with Gasteiger partial charge in [0.2, 0.25) is 0 Å². The highest BCUT2D eigenvalue weighted by Crippen LogP contribution is 2.20. The molecule has 0 unspecified atom stereocenters. The lowest BCUT2D eigenvalue weighted by molar-refractivity contribution is -0.105. The van der Waals surface area contributed by atoms with Crippen LogP contribution >= 0.6 is 11.8 Å². The van der Waals surface area contributed by atoms with Crippen LogP contribution in [0.25, 0.3) is 0 Å². The maximum atomic E-state index is 11.1. The van der Waals surface area contributed by atoms with E-state index in [9.17, 15) is 17.6 Å². The summed E-state index contributed by atoms with van der Waals surface area (Å²) in [5.41, 5.74) is 0. The van der Waals surface area contributed by atoms with Crippen LogP contribution in [0.5, 0.6) is 0 Å². The molecule has 0 aromatic rings. The van der Waals surface area contributed by atoms with Crippen LogP contribution in [0.4, 0.5) is 17.6 Å². The molecule has 0 aliphatic carbocycles. The molecule has 0 heterocycles. The summed E-state index contributed by atoms with van der Waals surface area (Å²) in [4.78, 5) is 0. The molecule has 8 heavy (non-hydrogen) atoms. The number of hydrogen-bond acceptors (Lipinski definition) is 1. The normalized spacial score (nSPS) is 12.0. The molecule has 0 N–H and O–H groups in total. The third-order valence-corrected chi connectivity index (χ3v) is 1.03. The fourth-order valence-corrected chi connectivity index (χ4v) is 0.463. The van der Waals surface area contributed by atoms with Crippen molar-refractivity contribution in [2.45, 2.75) is 6.18 Å². The quantitative estimate of drug-likeness (QED) is 0.541. The van der Waals surface area contributed by atoms with Crippen LogP contribution < -0.4 is 0 Å². The van der Waals surface area contributed by atoms with Crippen molar-refractivity contribution in [1.29, 1.82) is 0 Å². The standard InChI is InChI=1S/C3H4F4S/c4-2-8-1-3(5,6)7/h1-2H2. The van der Waals surface area contributed by atoms with Crippen molar-refractivity contribution in [3.63, 3.8) is 0 Å². The second kappa shape index (κ2) is 3.17. The van der Waals surface area contributed by atoms with Crippen molar-refractivity contribution in [2.24, 2.45) is 0 Å². The first-order valence-electron chi connectivity index (χ1n) is 1.77. The Morgan fingerprint density at radius 1 is 1.25 bits per heavy atom. The van der Waals surface area contributed by atoms with Crippen LogP contribution in [-0.2, 0) is 0 Å². The van der Waals surface area contributed by atoms with Gasteiger partial charge in [0.05, 0.1) is 5.75 Å².